The number of carbonyl (C=O) groups excluding carboxylic acids is 1. The van der Waals surface area contributed by atoms with Gasteiger partial charge in [-0.25, -0.2) is 4.79 Å². The van der Waals surface area contributed by atoms with E-state index >= 15 is 0 Å². The summed E-state index contributed by atoms with van der Waals surface area (Å²) in [5.74, 6) is 0.238. The van der Waals surface area contributed by atoms with Gasteiger partial charge in [-0.15, -0.1) is 0 Å². The van der Waals surface area contributed by atoms with E-state index in [0.717, 1.165) is 18.4 Å². The molecule has 0 spiro atoms. The molecule has 20 heavy (non-hydrogen) atoms. The molecule has 110 valence electrons. The highest BCUT2D eigenvalue weighted by Crippen LogP contribution is 2.52. The molecular weight excluding hydrogens is 252 g/mol. The SMILES string of the molecule is CCC(CC)COC(=O)C1(CC)OC1c1ccccc1. The molecule has 2 atom stereocenters. The van der Waals surface area contributed by atoms with Crippen molar-refractivity contribution in [2.75, 3.05) is 6.61 Å². The van der Waals surface area contributed by atoms with Crippen molar-refractivity contribution < 1.29 is 14.3 Å². The molecule has 1 aliphatic heterocycles. The minimum absolute atomic E-state index is 0.150. The molecule has 3 heteroatoms. The van der Waals surface area contributed by atoms with Crippen molar-refractivity contribution >= 4 is 5.97 Å². The Balaban J connectivity index is 1.98. The van der Waals surface area contributed by atoms with Crippen molar-refractivity contribution in [3.05, 3.63) is 35.9 Å². The van der Waals surface area contributed by atoms with Crippen molar-refractivity contribution in [1.82, 2.24) is 0 Å². The van der Waals surface area contributed by atoms with Gasteiger partial charge in [-0.1, -0.05) is 63.9 Å². The number of rotatable bonds is 7. The number of hydrogen-bond acceptors (Lipinski definition) is 3. The first-order valence-electron chi connectivity index (χ1n) is 7.57. The molecule has 1 aromatic rings. The first-order valence-corrected chi connectivity index (χ1v) is 7.57. The van der Waals surface area contributed by atoms with E-state index in [4.69, 9.17) is 9.47 Å². The van der Waals surface area contributed by atoms with Gasteiger partial charge in [0.15, 0.2) is 5.60 Å². The van der Waals surface area contributed by atoms with E-state index in [1.807, 2.05) is 37.3 Å². The van der Waals surface area contributed by atoms with Crippen LogP contribution >= 0.6 is 0 Å². The molecule has 0 saturated carbocycles. The lowest BCUT2D eigenvalue weighted by Gasteiger charge is -2.15. The second-order valence-corrected chi connectivity index (χ2v) is 5.43. The Morgan fingerprint density at radius 3 is 2.45 bits per heavy atom. The average molecular weight is 276 g/mol. The third-order valence-corrected chi connectivity index (χ3v) is 4.27. The fourth-order valence-electron chi connectivity index (χ4n) is 2.55. The van der Waals surface area contributed by atoms with Gasteiger partial charge in [0.2, 0.25) is 0 Å². The number of esters is 1. The zero-order valence-electron chi connectivity index (χ0n) is 12.6. The lowest BCUT2D eigenvalue weighted by atomic mass is 9.97. The van der Waals surface area contributed by atoms with Crippen LogP contribution in [0.15, 0.2) is 30.3 Å². The third kappa shape index (κ3) is 2.88. The molecule has 0 aromatic heterocycles. The summed E-state index contributed by atoms with van der Waals surface area (Å²) in [4.78, 5) is 12.3. The largest absolute Gasteiger partial charge is 0.463 e. The Morgan fingerprint density at radius 2 is 1.90 bits per heavy atom. The van der Waals surface area contributed by atoms with Crippen LogP contribution in [0, 0.1) is 5.92 Å². The van der Waals surface area contributed by atoms with Crippen LogP contribution in [0.3, 0.4) is 0 Å². The van der Waals surface area contributed by atoms with Crippen LogP contribution in [-0.4, -0.2) is 18.2 Å². The van der Waals surface area contributed by atoms with Crippen LogP contribution in [0.1, 0.15) is 51.7 Å². The number of hydrogen-bond donors (Lipinski definition) is 0. The Bertz CT molecular complexity index is 439. The van der Waals surface area contributed by atoms with E-state index in [-0.39, 0.29) is 12.1 Å². The second kappa shape index (κ2) is 6.40. The number of carbonyl (C=O) groups is 1. The molecule has 0 amide bonds. The molecule has 2 unspecified atom stereocenters. The summed E-state index contributed by atoms with van der Waals surface area (Å²) < 4.78 is 11.2. The molecule has 1 saturated heterocycles. The summed E-state index contributed by atoms with van der Waals surface area (Å²) in [6.07, 6.45) is 2.56. The molecule has 0 aliphatic carbocycles. The molecule has 0 bridgehead atoms. The summed E-state index contributed by atoms with van der Waals surface area (Å²) in [6.45, 7) is 6.72. The minimum Gasteiger partial charge on any atom is -0.463 e. The van der Waals surface area contributed by atoms with Gasteiger partial charge < -0.3 is 9.47 Å². The Morgan fingerprint density at radius 1 is 1.25 bits per heavy atom. The molecule has 1 aromatic carbocycles. The summed E-state index contributed by atoms with van der Waals surface area (Å²) in [5, 5.41) is 0. The number of ether oxygens (including phenoxy) is 2. The van der Waals surface area contributed by atoms with E-state index in [9.17, 15) is 4.79 Å². The molecule has 0 radical (unpaired) electrons. The predicted molar refractivity (Wildman–Crippen MR) is 78.3 cm³/mol. The first-order chi connectivity index (χ1) is 9.67. The standard InChI is InChI=1S/C17H24O3/c1-4-13(5-2)12-19-16(18)17(6-3)15(20-17)14-10-8-7-9-11-14/h7-11,13,15H,4-6,12H2,1-3H3. The van der Waals surface area contributed by atoms with Crippen molar-refractivity contribution in [2.24, 2.45) is 5.92 Å². The van der Waals surface area contributed by atoms with E-state index in [2.05, 4.69) is 13.8 Å². The smallest absolute Gasteiger partial charge is 0.341 e. The van der Waals surface area contributed by atoms with Gasteiger partial charge in [-0.2, -0.15) is 0 Å². The normalized spacial score (nSPS) is 24.7. The van der Waals surface area contributed by atoms with Crippen LogP contribution in [0.4, 0.5) is 0 Å². The molecule has 2 rings (SSSR count). The van der Waals surface area contributed by atoms with Crippen molar-refractivity contribution in [1.29, 1.82) is 0 Å². The number of epoxide rings is 1. The van der Waals surface area contributed by atoms with Crippen molar-refractivity contribution in [2.45, 2.75) is 51.7 Å². The van der Waals surface area contributed by atoms with Crippen LogP contribution in [0.2, 0.25) is 0 Å². The molecule has 3 nitrogen and oxygen atoms in total. The van der Waals surface area contributed by atoms with Gasteiger partial charge in [0, 0.05) is 0 Å². The third-order valence-electron chi connectivity index (χ3n) is 4.27. The Labute approximate surface area is 121 Å². The Hall–Kier alpha value is -1.35. The van der Waals surface area contributed by atoms with Crippen LogP contribution in [-0.2, 0) is 14.3 Å². The molecular formula is C17H24O3. The van der Waals surface area contributed by atoms with Gasteiger partial charge in [-0.05, 0) is 17.9 Å². The van der Waals surface area contributed by atoms with Crippen LogP contribution in [0.25, 0.3) is 0 Å². The maximum atomic E-state index is 12.3. The summed E-state index contributed by atoms with van der Waals surface area (Å²) in [6, 6.07) is 9.89. The van der Waals surface area contributed by atoms with E-state index in [1.54, 1.807) is 0 Å². The lowest BCUT2D eigenvalue weighted by Crippen LogP contribution is -2.29. The summed E-state index contributed by atoms with van der Waals surface area (Å²) in [5.41, 5.74) is 0.293. The Kier molecular flexibility index (Phi) is 4.81. The zero-order valence-corrected chi connectivity index (χ0v) is 12.6. The fraction of sp³-hybridized carbons (Fsp3) is 0.588. The number of benzene rings is 1. The van der Waals surface area contributed by atoms with Gasteiger partial charge in [0.25, 0.3) is 0 Å². The van der Waals surface area contributed by atoms with Gasteiger partial charge in [-0.3, -0.25) is 0 Å². The van der Waals surface area contributed by atoms with Gasteiger partial charge in [0.05, 0.1) is 6.61 Å². The molecule has 1 heterocycles. The van der Waals surface area contributed by atoms with Crippen LogP contribution < -0.4 is 0 Å². The van der Waals surface area contributed by atoms with E-state index in [0.29, 0.717) is 18.9 Å². The average Bonchev–Trinajstić information content (AvgIpc) is 3.25. The van der Waals surface area contributed by atoms with Crippen molar-refractivity contribution in [3.63, 3.8) is 0 Å². The first kappa shape index (κ1) is 15.0. The second-order valence-electron chi connectivity index (χ2n) is 5.43. The highest BCUT2D eigenvalue weighted by molar-refractivity contribution is 5.83. The van der Waals surface area contributed by atoms with Crippen molar-refractivity contribution in [3.8, 4) is 0 Å². The molecule has 1 aliphatic rings. The highest BCUT2D eigenvalue weighted by Gasteiger charge is 2.63. The quantitative estimate of drug-likeness (QED) is 0.560. The summed E-state index contributed by atoms with van der Waals surface area (Å²) in [7, 11) is 0. The fourth-order valence-corrected chi connectivity index (χ4v) is 2.55. The van der Waals surface area contributed by atoms with E-state index < -0.39 is 5.60 Å². The van der Waals surface area contributed by atoms with Gasteiger partial charge >= 0.3 is 5.97 Å². The molecule has 0 N–H and O–H groups in total. The monoisotopic (exact) mass is 276 g/mol. The molecule has 1 fully saturated rings. The highest BCUT2D eigenvalue weighted by atomic mass is 16.7. The lowest BCUT2D eigenvalue weighted by molar-refractivity contribution is -0.151. The maximum Gasteiger partial charge on any atom is 0.341 e. The predicted octanol–water partition coefficient (Wildman–Crippen LogP) is 3.89. The summed E-state index contributed by atoms with van der Waals surface area (Å²) >= 11 is 0. The zero-order chi connectivity index (χ0) is 14.6. The van der Waals surface area contributed by atoms with E-state index in [1.165, 1.54) is 0 Å². The minimum atomic E-state index is -0.757. The topological polar surface area (TPSA) is 38.8 Å². The van der Waals surface area contributed by atoms with Crippen LogP contribution in [0.5, 0.6) is 0 Å². The maximum absolute atomic E-state index is 12.3. The van der Waals surface area contributed by atoms with Gasteiger partial charge in [0.1, 0.15) is 6.10 Å².